The molecule has 0 saturated carbocycles. The minimum Gasteiger partial charge on any atom is -0.482 e. The van der Waals surface area contributed by atoms with Gasteiger partial charge in [-0.1, -0.05) is 59.6 Å². The van der Waals surface area contributed by atoms with Crippen molar-refractivity contribution in [2.75, 3.05) is 44.4 Å². The predicted octanol–water partition coefficient (Wildman–Crippen LogP) is 4.84. The third-order valence-corrected chi connectivity index (χ3v) is 7.88. The van der Waals surface area contributed by atoms with Crippen molar-refractivity contribution in [1.29, 1.82) is 5.26 Å². The maximum Gasteiger partial charge on any atom is 0.265 e. The summed E-state index contributed by atoms with van der Waals surface area (Å²) >= 11 is 12.4. The zero-order valence-corrected chi connectivity index (χ0v) is 23.4. The van der Waals surface area contributed by atoms with Crippen molar-refractivity contribution in [2.45, 2.75) is 19.0 Å². The number of hydrogen-bond donors (Lipinski definition) is 1. The normalized spacial score (nSPS) is 16.9. The van der Waals surface area contributed by atoms with E-state index < -0.39 is 6.04 Å². The van der Waals surface area contributed by atoms with Crippen LogP contribution in [0.3, 0.4) is 0 Å². The predicted molar refractivity (Wildman–Crippen MR) is 154 cm³/mol. The van der Waals surface area contributed by atoms with Gasteiger partial charge in [-0.3, -0.25) is 19.4 Å². The average molecular weight is 579 g/mol. The van der Waals surface area contributed by atoms with Gasteiger partial charge in [0.25, 0.3) is 5.91 Å². The van der Waals surface area contributed by atoms with Crippen LogP contribution in [-0.2, 0) is 14.3 Å². The highest BCUT2D eigenvalue weighted by Gasteiger charge is 2.35. The van der Waals surface area contributed by atoms with Gasteiger partial charge in [0.1, 0.15) is 11.8 Å². The number of carbonyl (C=O) groups is 2. The van der Waals surface area contributed by atoms with Gasteiger partial charge in [-0.2, -0.15) is 5.26 Å². The van der Waals surface area contributed by atoms with Crippen molar-refractivity contribution in [1.82, 2.24) is 10.2 Å². The third-order valence-electron chi connectivity index (χ3n) is 7.16. The van der Waals surface area contributed by atoms with Gasteiger partial charge < -0.3 is 14.8 Å². The van der Waals surface area contributed by atoms with Gasteiger partial charge in [-0.05, 0) is 41.8 Å². The highest BCUT2D eigenvalue weighted by Crippen LogP contribution is 2.39. The number of nitriles is 1. The molecular formula is C30H28Cl2N4O4. The van der Waals surface area contributed by atoms with Crippen molar-refractivity contribution < 1.29 is 19.1 Å². The summed E-state index contributed by atoms with van der Waals surface area (Å²) in [7, 11) is 0. The van der Waals surface area contributed by atoms with Crippen molar-refractivity contribution in [3.8, 4) is 22.9 Å². The van der Waals surface area contributed by atoms with E-state index in [1.807, 2.05) is 42.5 Å². The zero-order chi connectivity index (χ0) is 28.2. The van der Waals surface area contributed by atoms with Crippen molar-refractivity contribution >= 4 is 40.7 Å². The fourth-order valence-electron chi connectivity index (χ4n) is 5.03. The summed E-state index contributed by atoms with van der Waals surface area (Å²) in [4.78, 5) is 30.3. The third kappa shape index (κ3) is 5.93. The van der Waals surface area contributed by atoms with E-state index in [2.05, 4.69) is 16.3 Å². The molecule has 0 aliphatic carbocycles. The number of fused-ring (bicyclic) bond motifs is 1. The zero-order valence-electron chi connectivity index (χ0n) is 21.9. The Labute approximate surface area is 243 Å². The van der Waals surface area contributed by atoms with Gasteiger partial charge in [0, 0.05) is 25.7 Å². The number of nitrogens with zero attached hydrogens (tertiary/aromatic N) is 3. The molecule has 1 saturated heterocycles. The maximum absolute atomic E-state index is 13.7. The van der Waals surface area contributed by atoms with Crippen molar-refractivity contribution in [3.05, 3.63) is 81.8 Å². The number of hydrogen-bond acceptors (Lipinski definition) is 6. The fourth-order valence-corrected chi connectivity index (χ4v) is 5.34. The van der Waals surface area contributed by atoms with Gasteiger partial charge in [-0.15, -0.1) is 0 Å². The van der Waals surface area contributed by atoms with Crippen LogP contribution in [0.5, 0.6) is 5.75 Å². The number of anilines is 1. The molecule has 10 heteroatoms. The van der Waals surface area contributed by atoms with Gasteiger partial charge in [-0.25, -0.2) is 0 Å². The quantitative estimate of drug-likeness (QED) is 0.431. The SMILES string of the molecule is CC(C(=O)NC(CN1CCOCC1)c1cccc(-c2ccccc2C#N)c1)N1C(=O)COc2cc(Cl)c(Cl)cc21. The van der Waals surface area contributed by atoms with E-state index in [0.717, 1.165) is 29.8 Å². The fraction of sp³-hybridized carbons (Fsp3) is 0.300. The number of nitrogens with one attached hydrogen (secondary N) is 1. The molecule has 0 bridgehead atoms. The second-order valence-corrected chi connectivity index (χ2v) is 10.5. The molecule has 2 unspecified atom stereocenters. The minimum atomic E-state index is -0.845. The summed E-state index contributed by atoms with van der Waals surface area (Å²) in [6.45, 7) is 4.75. The molecule has 1 N–H and O–H groups in total. The van der Waals surface area contributed by atoms with Gasteiger partial charge in [0.2, 0.25) is 5.91 Å². The first-order chi connectivity index (χ1) is 19.4. The number of morpholine rings is 1. The molecule has 2 aliphatic rings. The number of rotatable bonds is 7. The Morgan fingerprint density at radius 1 is 1.07 bits per heavy atom. The van der Waals surface area contributed by atoms with Gasteiger partial charge in [0.15, 0.2) is 6.61 Å². The van der Waals surface area contributed by atoms with Crippen LogP contribution in [-0.4, -0.2) is 62.2 Å². The van der Waals surface area contributed by atoms with E-state index in [0.29, 0.717) is 41.8 Å². The summed E-state index contributed by atoms with van der Waals surface area (Å²) in [6, 6.07) is 19.4. The van der Waals surface area contributed by atoms with E-state index in [1.54, 1.807) is 25.1 Å². The molecule has 8 nitrogen and oxygen atoms in total. The lowest BCUT2D eigenvalue weighted by atomic mass is 9.96. The lowest BCUT2D eigenvalue weighted by Crippen LogP contribution is -2.53. The molecule has 40 heavy (non-hydrogen) atoms. The van der Waals surface area contributed by atoms with Gasteiger partial charge in [0.05, 0.1) is 46.6 Å². The molecule has 3 aromatic rings. The van der Waals surface area contributed by atoms with Crippen LogP contribution in [0.25, 0.3) is 11.1 Å². The smallest absolute Gasteiger partial charge is 0.265 e. The Morgan fingerprint density at radius 2 is 1.82 bits per heavy atom. The standard InChI is InChI=1S/C30H28Cl2N4O4/c1-19(36-27-14-24(31)25(32)15-28(27)40-18-29(36)37)30(38)34-26(17-35-9-11-39-12-10-35)21-7-4-6-20(13-21)23-8-3-2-5-22(23)16-33/h2-8,13-15,19,26H,9-12,17-18H2,1H3,(H,34,38). The van der Waals surface area contributed by atoms with Crippen LogP contribution >= 0.6 is 23.2 Å². The first kappa shape index (κ1) is 27.9. The van der Waals surface area contributed by atoms with E-state index in [1.165, 1.54) is 4.90 Å². The second-order valence-electron chi connectivity index (χ2n) is 9.72. The molecule has 206 valence electrons. The second kappa shape index (κ2) is 12.3. The number of amides is 2. The topological polar surface area (TPSA) is 94.9 Å². The number of benzene rings is 3. The minimum absolute atomic E-state index is 0.208. The van der Waals surface area contributed by atoms with E-state index in [-0.39, 0.29) is 29.5 Å². The molecule has 0 spiro atoms. The van der Waals surface area contributed by atoms with Crippen LogP contribution < -0.4 is 15.0 Å². The molecule has 1 fully saturated rings. The van der Waals surface area contributed by atoms with Crippen LogP contribution in [0.15, 0.2) is 60.7 Å². The number of ether oxygens (including phenoxy) is 2. The van der Waals surface area contributed by atoms with Crippen molar-refractivity contribution in [3.63, 3.8) is 0 Å². The number of halogens is 2. The summed E-state index contributed by atoms with van der Waals surface area (Å²) in [5.74, 6) is -0.288. The van der Waals surface area contributed by atoms with Crippen LogP contribution in [0, 0.1) is 11.3 Å². The lowest BCUT2D eigenvalue weighted by Gasteiger charge is -2.35. The molecule has 2 atom stereocenters. The molecular weight excluding hydrogens is 551 g/mol. The maximum atomic E-state index is 13.7. The Hall–Kier alpha value is -3.61. The first-order valence-corrected chi connectivity index (χ1v) is 13.7. The Kier molecular flexibility index (Phi) is 8.57. The van der Waals surface area contributed by atoms with E-state index >= 15 is 0 Å². The molecule has 5 rings (SSSR count). The molecule has 0 aromatic heterocycles. The van der Waals surface area contributed by atoms with E-state index in [4.69, 9.17) is 32.7 Å². The highest BCUT2D eigenvalue weighted by molar-refractivity contribution is 6.42. The van der Waals surface area contributed by atoms with Crippen LogP contribution in [0.1, 0.15) is 24.1 Å². The Balaban J connectivity index is 1.44. The van der Waals surface area contributed by atoms with Crippen LogP contribution in [0.4, 0.5) is 5.69 Å². The molecule has 2 heterocycles. The lowest BCUT2D eigenvalue weighted by molar-refractivity contribution is -0.128. The van der Waals surface area contributed by atoms with Gasteiger partial charge >= 0.3 is 0 Å². The number of carbonyl (C=O) groups excluding carboxylic acids is 2. The molecule has 2 aliphatic heterocycles. The summed E-state index contributed by atoms with van der Waals surface area (Å²) in [5, 5.41) is 13.4. The summed E-state index contributed by atoms with van der Waals surface area (Å²) in [6.07, 6.45) is 0. The Morgan fingerprint density at radius 3 is 2.60 bits per heavy atom. The summed E-state index contributed by atoms with van der Waals surface area (Å²) in [5.41, 5.74) is 3.56. The highest BCUT2D eigenvalue weighted by atomic mass is 35.5. The van der Waals surface area contributed by atoms with Crippen LogP contribution in [0.2, 0.25) is 10.0 Å². The molecule has 2 amide bonds. The Bertz CT molecular complexity index is 1470. The summed E-state index contributed by atoms with van der Waals surface area (Å²) < 4.78 is 11.1. The molecule has 0 radical (unpaired) electrons. The first-order valence-electron chi connectivity index (χ1n) is 13.0. The molecule has 3 aromatic carbocycles. The van der Waals surface area contributed by atoms with E-state index in [9.17, 15) is 14.9 Å². The largest absolute Gasteiger partial charge is 0.482 e. The average Bonchev–Trinajstić information content (AvgIpc) is 2.98. The monoisotopic (exact) mass is 578 g/mol. The van der Waals surface area contributed by atoms with Crippen molar-refractivity contribution in [2.24, 2.45) is 0 Å².